The summed E-state index contributed by atoms with van der Waals surface area (Å²) < 4.78 is 24.6. The van der Waals surface area contributed by atoms with Crippen molar-refractivity contribution >= 4 is 9.84 Å². The van der Waals surface area contributed by atoms with Crippen LogP contribution in [-0.2, 0) is 23.4 Å². The van der Waals surface area contributed by atoms with Crippen molar-refractivity contribution in [3.63, 3.8) is 0 Å². The third kappa shape index (κ3) is 3.46. The Balaban J connectivity index is 2.03. The molecule has 1 heterocycles. The topological polar surface area (TPSA) is 64.0 Å². The lowest BCUT2D eigenvalue weighted by Crippen LogP contribution is -2.19. The van der Waals surface area contributed by atoms with Crippen molar-refractivity contribution < 1.29 is 8.42 Å². The molecule has 0 radical (unpaired) electrons. The summed E-state index contributed by atoms with van der Waals surface area (Å²) in [7, 11) is -1.23. The zero-order chi connectivity index (χ0) is 14.8. The molecular formula is C14H19N3O2S. The number of aromatic nitrogens is 2. The van der Waals surface area contributed by atoms with Crippen LogP contribution in [0.5, 0.6) is 0 Å². The van der Waals surface area contributed by atoms with Crippen molar-refractivity contribution in [3.05, 3.63) is 47.8 Å². The van der Waals surface area contributed by atoms with E-state index in [-0.39, 0.29) is 6.04 Å². The van der Waals surface area contributed by atoms with E-state index in [1.165, 1.54) is 6.26 Å². The molecule has 20 heavy (non-hydrogen) atoms. The van der Waals surface area contributed by atoms with Gasteiger partial charge in [0.15, 0.2) is 9.84 Å². The van der Waals surface area contributed by atoms with Gasteiger partial charge in [-0.15, -0.1) is 0 Å². The lowest BCUT2D eigenvalue weighted by atomic mass is 10.1. The molecule has 0 aliphatic heterocycles. The monoisotopic (exact) mass is 293 g/mol. The van der Waals surface area contributed by atoms with Gasteiger partial charge >= 0.3 is 0 Å². The van der Waals surface area contributed by atoms with Crippen molar-refractivity contribution in [2.24, 2.45) is 7.05 Å². The summed E-state index contributed by atoms with van der Waals surface area (Å²) in [5.41, 5.74) is 2.16. The van der Waals surface area contributed by atoms with Gasteiger partial charge in [0.25, 0.3) is 0 Å². The molecule has 1 unspecified atom stereocenters. The first-order valence-corrected chi connectivity index (χ1v) is 8.27. The Hall–Kier alpha value is -1.66. The third-order valence-electron chi connectivity index (χ3n) is 3.32. The van der Waals surface area contributed by atoms with Gasteiger partial charge in [-0.3, -0.25) is 4.68 Å². The summed E-state index contributed by atoms with van der Waals surface area (Å²) in [6.07, 6.45) is 2.98. The molecule has 108 valence electrons. The molecule has 0 fully saturated rings. The van der Waals surface area contributed by atoms with Crippen LogP contribution in [0.1, 0.15) is 24.2 Å². The number of benzene rings is 1. The van der Waals surface area contributed by atoms with E-state index < -0.39 is 9.84 Å². The predicted molar refractivity (Wildman–Crippen MR) is 78.0 cm³/mol. The maximum absolute atomic E-state index is 11.4. The molecule has 1 N–H and O–H groups in total. The van der Waals surface area contributed by atoms with E-state index in [1.807, 2.05) is 36.9 Å². The Morgan fingerprint density at radius 3 is 2.40 bits per heavy atom. The molecule has 0 spiro atoms. The zero-order valence-electron chi connectivity index (χ0n) is 11.9. The van der Waals surface area contributed by atoms with Gasteiger partial charge in [-0.1, -0.05) is 12.1 Å². The third-order valence-corrected chi connectivity index (χ3v) is 4.45. The van der Waals surface area contributed by atoms with Gasteiger partial charge in [0.05, 0.1) is 10.6 Å². The molecule has 2 rings (SSSR count). The largest absolute Gasteiger partial charge is 0.305 e. The number of aryl methyl sites for hydroxylation is 1. The van der Waals surface area contributed by atoms with E-state index in [0.29, 0.717) is 11.4 Å². The second-order valence-corrected chi connectivity index (χ2v) is 6.91. The van der Waals surface area contributed by atoms with Crippen molar-refractivity contribution in [3.8, 4) is 0 Å². The van der Waals surface area contributed by atoms with Gasteiger partial charge in [-0.25, -0.2) is 8.42 Å². The lowest BCUT2D eigenvalue weighted by molar-refractivity contribution is 0.548. The van der Waals surface area contributed by atoms with E-state index in [0.717, 1.165) is 11.3 Å². The van der Waals surface area contributed by atoms with Gasteiger partial charge in [-0.2, -0.15) is 5.10 Å². The minimum absolute atomic E-state index is 0.138. The Bertz CT molecular complexity index is 675. The Labute approximate surface area is 119 Å². The summed E-state index contributed by atoms with van der Waals surface area (Å²) in [5, 5.41) is 7.51. The van der Waals surface area contributed by atoms with E-state index in [1.54, 1.807) is 18.3 Å². The molecule has 0 aliphatic rings. The number of nitrogens with one attached hydrogen (secondary N) is 1. The summed E-state index contributed by atoms with van der Waals surface area (Å²) in [6, 6.07) is 9.08. The van der Waals surface area contributed by atoms with Gasteiger partial charge in [0.2, 0.25) is 0 Å². The minimum Gasteiger partial charge on any atom is -0.305 e. The number of hydrogen-bond donors (Lipinski definition) is 1. The Kier molecular flexibility index (Phi) is 4.25. The molecule has 0 aliphatic carbocycles. The standard InChI is InChI=1S/C14H19N3O2S/c1-11(15-10-13-8-9-16-17(13)2)12-4-6-14(7-5-12)20(3,18)19/h4-9,11,15H,10H2,1-3H3. The van der Waals surface area contributed by atoms with Crippen molar-refractivity contribution in [2.75, 3.05) is 6.26 Å². The predicted octanol–water partition coefficient (Wildman–Crippen LogP) is 1.67. The molecule has 0 amide bonds. The van der Waals surface area contributed by atoms with Crippen LogP contribution >= 0.6 is 0 Å². The zero-order valence-corrected chi connectivity index (χ0v) is 12.7. The Morgan fingerprint density at radius 1 is 1.25 bits per heavy atom. The van der Waals surface area contributed by atoms with Gasteiger partial charge < -0.3 is 5.32 Å². The second kappa shape index (κ2) is 5.76. The average molecular weight is 293 g/mol. The van der Waals surface area contributed by atoms with Crippen LogP contribution in [0, 0.1) is 0 Å². The van der Waals surface area contributed by atoms with Gasteiger partial charge in [-0.05, 0) is 30.7 Å². The molecule has 6 heteroatoms. The Morgan fingerprint density at radius 2 is 1.90 bits per heavy atom. The van der Waals surface area contributed by atoms with Crippen LogP contribution in [0.2, 0.25) is 0 Å². The average Bonchev–Trinajstić information content (AvgIpc) is 2.81. The number of sulfone groups is 1. The quantitative estimate of drug-likeness (QED) is 0.911. The number of rotatable bonds is 5. The van der Waals surface area contributed by atoms with Gasteiger partial charge in [0.1, 0.15) is 0 Å². The van der Waals surface area contributed by atoms with Crippen LogP contribution in [0.3, 0.4) is 0 Å². The molecule has 1 aromatic carbocycles. The van der Waals surface area contributed by atoms with E-state index in [4.69, 9.17) is 0 Å². The fourth-order valence-corrected chi connectivity index (χ4v) is 2.58. The van der Waals surface area contributed by atoms with Crippen molar-refractivity contribution in [2.45, 2.75) is 24.4 Å². The van der Waals surface area contributed by atoms with Crippen LogP contribution in [0.15, 0.2) is 41.4 Å². The highest BCUT2D eigenvalue weighted by atomic mass is 32.2. The highest BCUT2D eigenvalue weighted by Crippen LogP contribution is 2.16. The van der Waals surface area contributed by atoms with Crippen LogP contribution < -0.4 is 5.32 Å². The molecule has 5 nitrogen and oxygen atoms in total. The smallest absolute Gasteiger partial charge is 0.175 e. The summed E-state index contributed by atoms with van der Waals surface area (Å²) in [6.45, 7) is 2.76. The number of nitrogens with zero attached hydrogens (tertiary/aromatic N) is 2. The fourth-order valence-electron chi connectivity index (χ4n) is 1.95. The fraction of sp³-hybridized carbons (Fsp3) is 0.357. The minimum atomic E-state index is -3.13. The normalized spacial score (nSPS) is 13.3. The summed E-state index contributed by atoms with van der Waals surface area (Å²) in [5.74, 6) is 0. The molecule has 0 saturated carbocycles. The molecule has 0 bridgehead atoms. The lowest BCUT2D eigenvalue weighted by Gasteiger charge is -2.14. The maximum atomic E-state index is 11.4. The highest BCUT2D eigenvalue weighted by molar-refractivity contribution is 7.90. The van der Waals surface area contributed by atoms with Crippen molar-refractivity contribution in [1.29, 1.82) is 0 Å². The molecule has 2 aromatic rings. The maximum Gasteiger partial charge on any atom is 0.175 e. The second-order valence-electron chi connectivity index (χ2n) is 4.89. The molecule has 0 saturated heterocycles. The van der Waals surface area contributed by atoms with Crippen LogP contribution in [0.25, 0.3) is 0 Å². The van der Waals surface area contributed by atoms with Crippen molar-refractivity contribution in [1.82, 2.24) is 15.1 Å². The molecule has 1 aromatic heterocycles. The molecule has 1 atom stereocenters. The van der Waals surface area contributed by atoms with Gasteiger partial charge in [0, 0.05) is 32.1 Å². The first-order chi connectivity index (χ1) is 9.38. The van der Waals surface area contributed by atoms with Crippen LogP contribution in [-0.4, -0.2) is 24.5 Å². The molecular weight excluding hydrogens is 274 g/mol. The summed E-state index contributed by atoms with van der Waals surface area (Å²) in [4.78, 5) is 0.347. The highest BCUT2D eigenvalue weighted by Gasteiger charge is 2.09. The van der Waals surface area contributed by atoms with E-state index in [9.17, 15) is 8.42 Å². The van der Waals surface area contributed by atoms with E-state index in [2.05, 4.69) is 10.4 Å². The SMILES string of the molecule is CC(NCc1ccnn1C)c1ccc(S(C)(=O)=O)cc1. The first-order valence-electron chi connectivity index (χ1n) is 6.38. The first kappa shape index (κ1) is 14.7. The summed E-state index contributed by atoms with van der Waals surface area (Å²) >= 11 is 0. The number of hydrogen-bond acceptors (Lipinski definition) is 4. The van der Waals surface area contributed by atoms with Crippen LogP contribution in [0.4, 0.5) is 0 Å². The van der Waals surface area contributed by atoms with E-state index >= 15 is 0 Å².